The van der Waals surface area contributed by atoms with Crippen molar-refractivity contribution in [3.8, 4) is 0 Å². The Morgan fingerprint density at radius 3 is 2.74 bits per heavy atom. The Balaban J connectivity index is 0.00000210. The number of fused-ring (bicyclic) bond motifs is 1. The average Bonchev–Trinajstić information content (AvgIpc) is 3.28. The van der Waals surface area contributed by atoms with Gasteiger partial charge in [-0.25, -0.2) is 4.98 Å². The van der Waals surface area contributed by atoms with Crippen molar-refractivity contribution in [1.29, 1.82) is 0 Å². The molecule has 1 aliphatic rings. The van der Waals surface area contributed by atoms with Gasteiger partial charge in [0.15, 0.2) is 11.5 Å². The van der Waals surface area contributed by atoms with E-state index in [1.807, 2.05) is 42.5 Å². The fourth-order valence-electron chi connectivity index (χ4n) is 3.19. The minimum absolute atomic E-state index is 0. The lowest BCUT2D eigenvalue weighted by molar-refractivity contribution is -0.126. The number of ether oxygens (including phenoxy) is 1. The number of oxazole rings is 1. The zero-order valence-electron chi connectivity index (χ0n) is 14.8. The van der Waals surface area contributed by atoms with Crippen LogP contribution in [0.5, 0.6) is 0 Å². The smallest absolute Gasteiger partial charge is 0.253 e. The molecule has 0 aliphatic carbocycles. The van der Waals surface area contributed by atoms with Crippen LogP contribution in [0.3, 0.4) is 0 Å². The van der Waals surface area contributed by atoms with Crippen molar-refractivity contribution in [1.82, 2.24) is 4.98 Å². The van der Waals surface area contributed by atoms with Gasteiger partial charge in [0.1, 0.15) is 11.6 Å². The van der Waals surface area contributed by atoms with E-state index < -0.39 is 6.10 Å². The number of rotatable bonds is 5. The van der Waals surface area contributed by atoms with Crippen LogP contribution < -0.4 is 11.1 Å². The fraction of sp³-hybridized carbons (Fsp3) is 0.300. The molecule has 1 aromatic heterocycles. The summed E-state index contributed by atoms with van der Waals surface area (Å²) in [6.07, 6.45) is 1.68. The van der Waals surface area contributed by atoms with Crippen molar-refractivity contribution in [2.24, 2.45) is 5.73 Å². The summed E-state index contributed by atoms with van der Waals surface area (Å²) in [5.41, 5.74) is 8.83. The van der Waals surface area contributed by atoms with Crippen LogP contribution in [0, 0.1) is 0 Å². The van der Waals surface area contributed by atoms with Gasteiger partial charge in [0.05, 0.1) is 6.10 Å². The van der Waals surface area contributed by atoms with Crippen LogP contribution in [0.4, 0.5) is 5.69 Å². The lowest BCUT2D eigenvalue weighted by Crippen LogP contribution is -2.29. The predicted octanol–water partition coefficient (Wildman–Crippen LogP) is 3.29. The summed E-state index contributed by atoms with van der Waals surface area (Å²) in [6.45, 7) is 0.442. The monoisotopic (exact) mass is 387 g/mol. The predicted molar refractivity (Wildman–Crippen MR) is 106 cm³/mol. The lowest BCUT2D eigenvalue weighted by atomic mass is 10.1. The van der Waals surface area contributed by atoms with E-state index in [9.17, 15) is 4.79 Å². The van der Waals surface area contributed by atoms with Crippen LogP contribution in [0.1, 0.15) is 24.3 Å². The number of nitrogens with zero attached hydrogens (tertiary/aromatic N) is 1. The third kappa shape index (κ3) is 4.47. The highest BCUT2D eigenvalue weighted by molar-refractivity contribution is 5.95. The highest BCUT2D eigenvalue weighted by atomic mass is 35.5. The standard InChI is InChI=1S/C20H21N3O3.ClH/c21-12-15-7-9-17(25-15)20(24)22-14-6-8-16-18(11-14)26-19(23-16)10-13-4-2-1-3-5-13;/h1-6,8,11,15,17H,7,9-10,12,21H2,(H,22,24);1H/t15-,17+;/m1./s1. The Morgan fingerprint density at radius 1 is 1.19 bits per heavy atom. The van der Waals surface area contributed by atoms with Crippen molar-refractivity contribution in [2.75, 3.05) is 11.9 Å². The van der Waals surface area contributed by atoms with Gasteiger partial charge < -0.3 is 20.2 Å². The molecule has 2 heterocycles. The van der Waals surface area contributed by atoms with E-state index in [0.717, 1.165) is 17.5 Å². The van der Waals surface area contributed by atoms with Gasteiger partial charge in [-0.3, -0.25) is 4.79 Å². The van der Waals surface area contributed by atoms with Crippen molar-refractivity contribution < 1.29 is 13.9 Å². The van der Waals surface area contributed by atoms with Crippen molar-refractivity contribution >= 4 is 35.1 Å². The molecule has 0 saturated carbocycles. The van der Waals surface area contributed by atoms with E-state index >= 15 is 0 Å². The van der Waals surface area contributed by atoms with E-state index in [4.69, 9.17) is 14.9 Å². The van der Waals surface area contributed by atoms with Gasteiger partial charge in [-0.2, -0.15) is 0 Å². The summed E-state index contributed by atoms with van der Waals surface area (Å²) in [6, 6.07) is 15.5. The highest BCUT2D eigenvalue weighted by Gasteiger charge is 2.29. The molecule has 6 nitrogen and oxygen atoms in total. The summed E-state index contributed by atoms with van der Waals surface area (Å²) in [5, 5.41) is 2.89. The SMILES string of the molecule is Cl.NC[C@H]1CC[C@@H](C(=O)Nc2ccc3nc(Cc4ccccc4)oc3c2)O1. The normalized spacial score (nSPS) is 19.0. The second kappa shape index (κ2) is 8.52. The maximum atomic E-state index is 12.3. The molecule has 0 unspecified atom stereocenters. The largest absolute Gasteiger partial charge is 0.440 e. The summed E-state index contributed by atoms with van der Waals surface area (Å²) < 4.78 is 11.5. The number of nitrogens with one attached hydrogen (secondary N) is 1. The maximum absolute atomic E-state index is 12.3. The van der Waals surface area contributed by atoms with Gasteiger partial charge in [0.25, 0.3) is 5.91 Å². The molecule has 4 rings (SSSR count). The first kappa shape index (κ1) is 19.4. The number of anilines is 1. The molecular formula is C20H22ClN3O3. The number of carbonyl (C=O) groups is 1. The van der Waals surface area contributed by atoms with E-state index in [-0.39, 0.29) is 24.4 Å². The molecular weight excluding hydrogens is 366 g/mol. The van der Waals surface area contributed by atoms with Gasteiger partial charge in [-0.1, -0.05) is 30.3 Å². The average molecular weight is 388 g/mol. The minimum atomic E-state index is -0.442. The number of halogens is 1. The first-order valence-electron chi connectivity index (χ1n) is 8.81. The van der Waals surface area contributed by atoms with Crippen molar-refractivity contribution in [3.05, 3.63) is 60.0 Å². The second-order valence-electron chi connectivity index (χ2n) is 6.50. The topological polar surface area (TPSA) is 90.4 Å². The molecule has 2 atom stereocenters. The van der Waals surface area contributed by atoms with Crippen LogP contribution >= 0.6 is 12.4 Å². The second-order valence-corrected chi connectivity index (χ2v) is 6.50. The molecule has 3 aromatic rings. The molecule has 1 saturated heterocycles. The van der Waals surface area contributed by atoms with Crippen LogP contribution in [0.25, 0.3) is 11.1 Å². The molecule has 3 N–H and O–H groups in total. The van der Waals surface area contributed by atoms with E-state index in [0.29, 0.717) is 36.5 Å². The van der Waals surface area contributed by atoms with Crippen molar-refractivity contribution in [3.63, 3.8) is 0 Å². The Kier molecular flexibility index (Phi) is 6.11. The van der Waals surface area contributed by atoms with Crippen LogP contribution in [-0.4, -0.2) is 29.6 Å². The van der Waals surface area contributed by atoms with E-state index in [1.54, 1.807) is 6.07 Å². The molecule has 142 valence electrons. The Bertz CT molecular complexity index is 913. The third-order valence-corrected chi connectivity index (χ3v) is 4.56. The number of nitrogens with two attached hydrogens (primary N) is 1. The first-order valence-corrected chi connectivity index (χ1v) is 8.81. The minimum Gasteiger partial charge on any atom is -0.440 e. The van der Waals surface area contributed by atoms with Crippen LogP contribution in [0.15, 0.2) is 52.9 Å². The van der Waals surface area contributed by atoms with Gasteiger partial charge in [-0.05, 0) is 30.5 Å². The number of benzene rings is 2. The van der Waals surface area contributed by atoms with Gasteiger partial charge in [0, 0.05) is 24.7 Å². The Morgan fingerprint density at radius 2 is 2.00 bits per heavy atom. The molecule has 0 radical (unpaired) electrons. The van der Waals surface area contributed by atoms with Gasteiger partial charge >= 0.3 is 0 Å². The Hall–Kier alpha value is -2.41. The molecule has 0 bridgehead atoms. The number of amides is 1. The number of aromatic nitrogens is 1. The van der Waals surface area contributed by atoms with Gasteiger partial charge in [0.2, 0.25) is 0 Å². The quantitative estimate of drug-likeness (QED) is 0.701. The molecule has 7 heteroatoms. The molecule has 27 heavy (non-hydrogen) atoms. The van der Waals surface area contributed by atoms with E-state index in [1.165, 1.54) is 0 Å². The summed E-state index contributed by atoms with van der Waals surface area (Å²) in [5.74, 6) is 0.504. The number of hydrogen-bond donors (Lipinski definition) is 2. The number of hydrogen-bond acceptors (Lipinski definition) is 5. The lowest BCUT2D eigenvalue weighted by Gasteiger charge is -2.12. The van der Waals surface area contributed by atoms with E-state index in [2.05, 4.69) is 10.3 Å². The molecule has 1 fully saturated rings. The summed E-state index contributed by atoms with van der Waals surface area (Å²) in [7, 11) is 0. The van der Waals surface area contributed by atoms with Gasteiger partial charge in [-0.15, -0.1) is 12.4 Å². The van der Waals surface area contributed by atoms with Crippen molar-refractivity contribution in [2.45, 2.75) is 31.5 Å². The third-order valence-electron chi connectivity index (χ3n) is 4.56. The molecule has 0 spiro atoms. The maximum Gasteiger partial charge on any atom is 0.253 e. The zero-order chi connectivity index (χ0) is 17.9. The summed E-state index contributed by atoms with van der Waals surface area (Å²) in [4.78, 5) is 16.8. The zero-order valence-corrected chi connectivity index (χ0v) is 15.6. The van der Waals surface area contributed by atoms with Crippen LogP contribution in [-0.2, 0) is 16.0 Å². The fourth-order valence-corrected chi connectivity index (χ4v) is 3.19. The van der Waals surface area contributed by atoms with Crippen LogP contribution in [0.2, 0.25) is 0 Å². The first-order chi connectivity index (χ1) is 12.7. The summed E-state index contributed by atoms with van der Waals surface area (Å²) >= 11 is 0. The Labute approximate surface area is 163 Å². The number of carbonyl (C=O) groups excluding carboxylic acids is 1. The molecule has 1 aliphatic heterocycles. The molecule has 1 amide bonds. The highest BCUT2D eigenvalue weighted by Crippen LogP contribution is 2.24. The molecule has 2 aromatic carbocycles.